The Balaban J connectivity index is 1.46. The molecule has 10 heteroatoms. The first-order valence-corrected chi connectivity index (χ1v) is 14.9. The van der Waals surface area contributed by atoms with E-state index in [1.807, 2.05) is 19.1 Å². The van der Waals surface area contributed by atoms with E-state index in [0.29, 0.717) is 41.4 Å². The second kappa shape index (κ2) is 12.8. The Hall–Kier alpha value is -3.11. The number of ether oxygens (including phenoxy) is 1. The van der Waals surface area contributed by atoms with Crippen molar-refractivity contribution in [2.75, 3.05) is 17.7 Å². The van der Waals surface area contributed by atoms with Crippen molar-refractivity contribution in [2.24, 2.45) is 17.8 Å². The predicted octanol–water partition coefficient (Wildman–Crippen LogP) is 5.77. The molecule has 4 rings (SSSR count). The number of aliphatic carboxylic acids is 1. The molecule has 1 aromatic heterocycles. The molecule has 0 aliphatic heterocycles. The van der Waals surface area contributed by atoms with Crippen LogP contribution in [-0.4, -0.2) is 41.2 Å². The van der Waals surface area contributed by atoms with Crippen LogP contribution in [0.25, 0.3) is 0 Å². The van der Waals surface area contributed by atoms with Gasteiger partial charge in [-0.25, -0.2) is 4.79 Å². The van der Waals surface area contributed by atoms with Gasteiger partial charge in [-0.3, -0.25) is 14.4 Å². The number of anilines is 2. The van der Waals surface area contributed by atoms with Crippen molar-refractivity contribution in [3.8, 4) is 0 Å². The average molecular weight is 571 g/mol. The van der Waals surface area contributed by atoms with Gasteiger partial charge in [-0.2, -0.15) is 0 Å². The van der Waals surface area contributed by atoms with E-state index in [-0.39, 0.29) is 11.8 Å². The fourth-order valence-electron chi connectivity index (χ4n) is 5.09. The van der Waals surface area contributed by atoms with Gasteiger partial charge in [0.25, 0.3) is 0 Å². The van der Waals surface area contributed by atoms with Crippen molar-refractivity contribution >= 4 is 57.5 Å². The van der Waals surface area contributed by atoms with Crippen LogP contribution in [0.3, 0.4) is 0 Å². The molecule has 0 bridgehead atoms. The number of hydrogen-bond donors (Lipinski definition) is 3. The molecule has 2 aromatic rings. The number of methoxy groups -OCH3 is 1. The number of allylic oxidation sites excluding steroid dienone is 2. The van der Waals surface area contributed by atoms with Gasteiger partial charge in [0.2, 0.25) is 11.8 Å². The third-order valence-electron chi connectivity index (χ3n) is 7.27. The highest BCUT2D eigenvalue weighted by Gasteiger charge is 2.34. The number of carboxylic acid groups (broad SMARTS) is 1. The lowest BCUT2D eigenvalue weighted by Gasteiger charge is -2.24. The third-order valence-corrected chi connectivity index (χ3v) is 9.80. The number of hydrogen-bond acceptors (Lipinski definition) is 7. The van der Waals surface area contributed by atoms with Gasteiger partial charge < -0.3 is 20.5 Å². The molecule has 2 aliphatic rings. The summed E-state index contributed by atoms with van der Waals surface area (Å²) in [6.45, 7) is 4.11. The Labute approximate surface area is 236 Å². The van der Waals surface area contributed by atoms with Crippen LogP contribution in [0.4, 0.5) is 10.7 Å². The molecule has 3 N–H and O–H groups in total. The summed E-state index contributed by atoms with van der Waals surface area (Å²) in [6, 6.07) is 7.20. The molecule has 1 aromatic carbocycles. The zero-order valence-electron chi connectivity index (χ0n) is 22.3. The van der Waals surface area contributed by atoms with Crippen LogP contribution < -0.4 is 10.6 Å². The maximum absolute atomic E-state index is 13.3. The molecule has 208 valence electrons. The Bertz CT molecular complexity index is 1290. The number of carbonyl (C=O) groups is 4. The Morgan fingerprint density at radius 3 is 2.59 bits per heavy atom. The molecular weight excluding hydrogens is 536 g/mol. The lowest BCUT2D eigenvalue weighted by molar-refractivity contribution is -0.146. The number of fused-ring (bicyclic) bond motifs is 1. The fraction of sp³-hybridized carbons (Fsp3) is 0.448. The quantitative estimate of drug-likeness (QED) is 0.199. The SMILES string of the molecule is CCC(Sc1cccc(NC(=O)C2CC=CCC2C(=O)O)c1)C(=O)Nc1sc2c(c1C(=O)OC)CCC(C)C2. The number of thiophene rings is 1. The van der Waals surface area contributed by atoms with Gasteiger partial charge >= 0.3 is 11.9 Å². The zero-order chi connectivity index (χ0) is 28.1. The number of rotatable bonds is 9. The van der Waals surface area contributed by atoms with E-state index >= 15 is 0 Å². The highest BCUT2D eigenvalue weighted by Crippen LogP contribution is 2.40. The average Bonchev–Trinajstić information content (AvgIpc) is 3.27. The lowest BCUT2D eigenvalue weighted by atomic mass is 9.82. The summed E-state index contributed by atoms with van der Waals surface area (Å²) >= 11 is 2.83. The van der Waals surface area contributed by atoms with Crippen molar-refractivity contribution in [2.45, 2.75) is 62.5 Å². The van der Waals surface area contributed by atoms with Gasteiger partial charge in [-0.15, -0.1) is 23.1 Å². The number of carboxylic acids is 1. The molecule has 1 heterocycles. The highest BCUT2D eigenvalue weighted by atomic mass is 32.2. The topological polar surface area (TPSA) is 122 Å². The maximum atomic E-state index is 13.3. The summed E-state index contributed by atoms with van der Waals surface area (Å²) in [6.07, 6.45) is 7.59. The number of thioether (sulfide) groups is 1. The summed E-state index contributed by atoms with van der Waals surface area (Å²) in [5.74, 6) is -2.79. The molecule has 2 aliphatic carbocycles. The summed E-state index contributed by atoms with van der Waals surface area (Å²) in [5.41, 5.74) is 2.01. The number of carbonyl (C=O) groups excluding carboxylic acids is 3. The number of esters is 1. The van der Waals surface area contributed by atoms with E-state index in [1.165, 1.54) is 30.2 Å². The Morgan fingerprint density at radius 1 is 1.15 bits per heavy atom. The Kier molecular flexibility index (Phi) is 9.50. The minimum atomic E-state index is -0.975. The molecule has 0 saturated carbocycles. The van der Waals surface area contributed by atoms with Gasteiger partial charge in [0.15, 0.2) is 0 Å². The van der Waals surface area contributed by atoms with Gasteiger partial charge in [-0.1, -0.05) is 32.1 Å². The van der Waals surface area contributed by atoms with Gasteiger partial charge in [0, 0.05) is 15.5 Å². The largest absolute Gasteiger partial charge is 0.481 e. The molecule has 0 fully saturated rings. The molecule has 4 unspecified atom stereocenters. The molecule has 0 spiro atoms. The van der Waals surface area contributed by atoms with E-state index in [9.17, 15) is 24.3 Å². The monoisotopic (exact) mass is 570 g/mol. The molecule has 39 heavy (non-hydrogen) atoms. The standard InChI is InChI=1S/C29H34N2O6S2/c1-4-22(26(33)31-27-24(29(36)37-3)21-13-12-16(2)14-23(21)39-27)38-18-9-7-8-17(15-18)30-25(32)19-10-5-6-11-20(19)28(34)35/h5-9,15-16,19-20,22H,4,10-14H2,1-3H3,(H,30,32)(H,31,33)(H,34,35). The minimum Gasteiger partial charge on any atom is -0.481 e. The van der Waals surface area contributed by atoms with Crippen molar-refractivity contribution in [3.05, 3.63) is 52.4 Å². The van der Waals surface area contributed by atoms with Crippen molar-refractivity contribution in [1.29, 1.82) is 0 Å². The number of benzene rings is 1. The summed E-state index contributed by atoms with van der Waals surface area (Å²) < 4.78 is 5.04. The first-order valence-electron chi connectivity index (χ1n) is 13.2. The van der Waals surface area contributed by atoms with E-state index in [2.05, 4.69) is 17.6 Å². The smallest absolute Gasteiger partial charge is 0.341 e. The van der Waals surface area contributed by atoms with Crippen LogP contribution in [0.1, 0.15) is 60.3 Å². The Morgan fingerprint density at radius 2 is 1.90 bits per heavy atom. The van der Waals surface area contributed by atoms with Crippen LogP contribution in [-0.2, 0) is 32.0 Å². The minimum absolute atomic E-state index is 0.202. The van der Waals surface area contributed by atoms with Crippen LogP contribution in [0, 0.1) is 17.8 Å². The van der Waals surface area contributed by atoms with Crippen molar-refractivity contribution in [1.82, 2.24) is 0 Å². The fourth-order valence-corrected chi connectivity index (χ4v) is 7.51. The van der Waals surface area contributed by atoms with E-state index in [4.69, 9.17) is 4.74 Å². The van der Waals surface area contributed by atoms with Gasteiger partial charge in [0.05, 0.1) is 29.8 Å². The number of nitrogens with one attached hydrogen (secondary N) is 2. The van der Waals surface area contributed by atoms with Crippen LogP contribution in [0.2, 0.25) is 0 Å². The lowest BCUT2D eigenvalue weighted by Crippen LogP contribution is -2.34. The maximum Gasteiger partial charge on any atom is 0.341 e. The highest BCUT2D eigenvalue weighted by molar-refractivity contribution is 8.00. The summed E-state index contributed by atoms with van der Waals surface area (Å²) in [7, 11) is 1.35. The van der Waals surface area contributed by atoms with E-state index < -0.39 is 29.0 Å². The molecule has 8 nitrogen and oxygen atoms in total. The molecule has 2 amide bonds. The second-order valence-corrected chi connectivity index (χ2v) is 12.4. The first-order chi connectivity index (χ1) is 18.7. The van der Waals surface area contributed by atoms with E-state index in [1.54, 1.807) is 24.3 Å². The molecule has 0 saturated heterocycles. The molecule has 4 atom stereocenters. The van der Waals surface area contributed by atoms with Crippen LogP contribution in [0.15, 0.2) is 41.3 Å². The molecule has 0 radical (unpaired) electrons. The normalized spacial score (nSPS) is 20.9. The number of amides is 2. The summed E-state index contributed by atoms with van der Waals surface area (Å²) in [5, 5.41) is 15.5. The van der Waals surface area contributed by atoms with Gasteiger partial charge in [-0.05, 0) is 68.2 Å². The van der Waals surface area contributed by atoms with Gasteiger partial charge in [0.1, 0.15) is 5.00 Å². The summed E-state index contributed by atoms with van der Waals surface area (Å²) in [4.78, 5) is 52.4. The zero-order valence-corrected chi connectivity index (χ0v) is 24.0. The van der Waals surface area contributed by atoms with E-state index in [0.717, 1.165) is 34.6 Å². The second-order valence-electron chi connectivity index (χ2n) is 10.1. The first kappa shape index (κ1) is 28.9. The van der Waals surface area contributed by atoms with Crippen molar-refractivity contribution in [3.63, 3.8) is 0 Å². The van der Waals surface area contributed by atoms with Crippen molar-refractivity contribution < 1.29 is 29.0 Å². The van der Waals surface area contributed by atoms with Crippen LogP contribution >= 0.6 is 23.1 Å². The predicted molar refractivity (Wildman–Crippen MR) is 153 cm³/mol. The third kappa shape index (κ3) is 6.73. The molecular formula is C29H34N2O6S2. The van der Waals surface area contributed by atoms with Crippen LogP contribution in [0.5, 0.6) is 0 Å².